The van der Waals surface area contributed by atoms with E-state index >= 15 is 0 Å². The largest absolute Gasteiger partial charge is 0.313 e. The van der Waals surface area contributed by atoms with Crippen LogP contribution in [0.2, 0.25) is 0 Å². The number of hydrogen-bond donors (Lipinski definition) is 1. The van der Waals surface area contributed by atoms with Gasteiger partial charge < -0.3 is 5.32 Å². The maximum absolute atomic E-state index is 5.46. The van der Waals surface area contributed by atoms with Gasteiger partial charge in [-0.1, -0.05) is 19.1 Å². The van der Waals surface area contributed by atoms with Crippen molar-refractivity contribution in [1.29, 1.82) is 0 Å². The third kappa shape index (κ3) is 3.78. The molecule has 2 atom stereocenters. The van der Waals surface area contributed by atoms with Crippen molar-refractivity contribution in [3.63, 3.8) is 0 Å². The summed E-state index contributed by atoms with van der Waals surface area (Å²) in [6, 6.07) is 0. The molecular weight excluding hydrogens is 158 g/mol. The van der Waals surface area contributed by atoms with Crippen molar-refractivity contribution in [2.45, 2.75) is 13.3 Å². The van der Waals surface area contributed by atoms with Crippen LogP contribution in [0.4, 0.5) is 0 Å². The summed E-state index contributed by atoms with van der Waals surface area (Å²) < 4.78 is 0. The van der Waals surface area contributed by atoms with Gasteiger partial charge in [0, 0.05) is 12.4 Å². The molecule has 0 aromatic heterocycles. The van der Waals surface area contributed by atoms with Gasteiger partial charge in [-0.25, -0.2) is 0 Å². The van der Waals surface area contributed by atoms with Gasteiger partial charge in [0.25, 0.3) is 0 Å². The molecule has 2 heteroatoms. The predicted molar refractivity (Wildman–Crippen MR) is 50.0 cm³/mol. The molecule has 1 aliphatic rings. The second kappa shape index (κ2) is 4.78. The lowest BCUT2D eigenvalue weighted by molar-refractivity contribution is 0.647. The van der Waals surface area contributed by atoms with Crippen LogP contribution in [0.1, 0.15) is 13.3 Å². The van der Waals surface area contributed by atoms with E-state index in [2.05, 4.69) is 18.3 Å². The zero-order valence-electron chi connectivity index (χ0n) is 7.02. The summed E-state index contributed by atoms with van der Waals surface area (Å²) >= 11 is 5.46. The fourth-order valence-electron chi connectivity index (χ4n) is 1.18. The first-order valence-electron chi connectivity index (χ1n) is 4.26. The minimum atomic E-state index is 0.626. The highest BCUT2D eigenvalue weighted by molar-refractivity contribution is 6.18. The minimum absolute atomic E-state index is 0.626. The maximum atomic E-state index is 5.46. The monoisotopic (exact) mass is 173 g/mol. The van der Waals surface area contributed by atoms with Crippen LogP contribution in [-0.2, 0) is 0 Å². The van der Waals surface area contributed by atoms with Gasteiger partial charge in [-0.15, -0.1) is 11.6 Å². The third-order valence-electron chi connectivity index (χ3n) is 2.20. The number of rotatable bonds is 5. The summed E-state index contributed by atoms with van der Waals surface area (Å²) in [5.74, 6) is 2.53. The molecule has 64 valence electrons. The predicted octanol–water partition coefficient (Wildman–Crippen LogP) is 2.03. The molecule has 1 N–H and O–H groups in total. The summed E-state index contributed by atoms with van der Waals surface area (Å²) in [7, 11) is 0. The highest BCUT2D eigenvalue weighted by atomic mass is 35.5. The normalized spacial score (nSPS) is 29.6. The molecule has 2 unspecified atom stereocenters. The molecule has 1 rings (SSSR count). The molecule has 11 heavy (non-hydrogen) atoms. The number of hydrogen-bond acceptors (Lipinski definition) is 1. The standard InChI is InChI=1S/C9H16ClN/c1-8-6-9(8)7-11-5-3-2-4-10/h2-3,8-9,11H,4-7H2,1H3/b3-2+. The number of halogens is 1. The first-order chi connectivity index (χ1) is 5.34. The van der Waals surface area contributed by atoms with E-state index in [1.807, 2.05) is 6.08 Å². The molecule has 0 aromatic rings. The van der Waals surface area contributed by atoms with E-state index in [1.54, 1.807) is 0 Å². The quantitative estimate of drug-likeness (QED) is 0.381. The zero-order valence-corrected chi connectivity index (χ0v) is 7.77. The van der Waals surface area contributed by atoms with Crippen molar-refractivity contribution in [1.82, 2.24) is 5.32 Å². The lowest BCUT2D eigenvalue weighted by Gasteiger charge is -1.97. The van der Waals surface area contributed by atoms with Gasteiger partial charge in [-0.2, -0.15) is 0 Å². The SMILES string of the molecule is CC1CC1CNC/C=C/CCl. The van der Waals surface area contributed by atoms with Crippen LogP contribution in [0.15, 0.2) is 12.2 Å². The molecule has 1 saturated carbocycles. The highest BCUT2D eigenvalue weighted by Crippen LogP contribution is 2.36. The van der Waals surface area contributed by atoms with Crippen molar-refractivity contribution < 1.29 is 0 Å². The average Bonchev–Trinajstić information content (AvgIpc) is 2.67. The van der Waals surface area contributed by atoms with E-state index < -0.39 is 0 Å². The first-order valence-corrected chi connectivity index (χ1v) is 4.79. The number of allylic oxidation sites excluding steroid dienone is 1. The summed E-state index contributed by atoms with van der Waals surface area (Å²) in [5.41, 5.74) is 0. The Labute approximate surface area is 73.8 Å². The second-order valence-electron chi connectivity index (χ2n) is 3.26. The van der Waals surface area contributed by atoms with Crippen molar-refractivity contribution in [3.8, 4) is 0 Å². The van der Waals surface area contributed by atoms with Crippen LogP contribution in [0.25, 0.3) is 0 Å². The Morgan fingerprint density at radius 1 is 1.55 bits per heavy atom. The smallest absolute Gasteiger partial charge is 0.0404 e. The lowest BCUT2D eigenvalue weighted by Crippen LogP contribution is -2.17. The molecule has 0 aliphatic heterocycles. The third-order valence-corrected chi connectivity index (χ3v) is 2.38. The molecule has 0 spiro atoms. The van der Waals surface area contributed by atoms with E-state index in [9.17, 15) is 0 Å². The maximum Gasteiger partial charge on any atom is 0.0404 e. The molecule has 0 bridgehead atoms. The van der Waals surface area contributed by atoms with Crippen molar-refractivity contribution in [2.24, 2.45) is 11.8 Å². The van der Waals surface area contributed by atoms with Crippen molar-refractivity contribution in [3.05, 3.63) is 12.2 Å². The van der Waals surface area contributed by atoms with Gasteiger partial charge in [0.2, 0.25) is 0 Å². The van der Waals surface area contributed by atoms with Crippen LogP contribution in [0, 0.1) is 11.8 Å². The molecular formula is C9H16ClN. The molecule has 1 aliphatic carbocycles. The topological polar surface area (TPSA) is 12.0 Å². The van der Waals surface area contributed by atoms with Crippen LogP contribution in [0.3, 0.4) is 0 Å². The Morgan fingerprint density at radius 3 is 2.82 bits per heavy atom. The van der Waals surface area contributed by atoms with Gasteiger partial charge in [-0.05, 0) is 24.8 Å². The molecule has 0 amide bonds. The molecule has 0 radical (unpaired) electrons. The second-order valence-corrected chi connectivity index (χ2v) is 3.57. The van der Waals surface area contributed by atoms with E-state index in [4.69, 9.17) is 11.6 Å². The van der Waals surface area contributed by atoms with Crippen LogP contribution < -0.4 is 5.32 Å². The van der Waals surface area contributed by atoms with Crippen LogP contribution in [0.5, 0.6) is 0 Å². The molecule has 0 heterocycles. The van der Waals surface area contributed by atoms with E-state index in [0.29, 0.717) is 5.88 Å². The Bertz CT molecular complexity index is 134. The van der Waals surface area contributed by atoms with Crippen molar-refractivity contribution >= 4 is 11.6 Å². The van der Waals surface area contributed by atoms with Crippen molar-refractivity contribution in [2.75, 3.05) is 19.0 Å². The zero-order chi connectivity index (χ0) is 8.10. The first kappa shape index (κ1) is 9.08. The summed E-state index contributed by atoms with van der Waals surface area (Å²) in [5, 5.41) is 3.37. The van der Waals surface area contributed by atoms with Gasteiger partial charge in [0.05, 0.1) is 0 Å². The Kier molecular flexibility index (Phi) is 3.95. The Morgan fingerprint density at radius 2 is 2.27 bits per heavy atom. The Hall–Kier alpha value is -0.0100. The summed E-state index contributed by atoms with van der Waals surface area (Å²) in [4.78, 5) is 0. The van der Waals surface area contributed by atoms with Gasteiger partial charge in [0.1, 0.15) is 0 Å². The summed E-state index contributed by atoms with van der Waals surface area (Å²) in [6.45, 7) is 4.45. The number of alkyl halides is 1. The Balaban J connectivity index is 1.85. The fourth-order valence-corrected chi connectivity index (χ4v) is 1.31. The van der Waals surface area contributed by atoms with E-state index in [1.165, 1.54) is 13.0 Å². The molecule has 0 saturated heterocycles. The lowest BCUT2D eigenvalue weighted by atomic mass is 10.3. The molecule has 0 aromatic carbocycles. The molecule has 1 nitrogen and oxygen atoms in total. The van der Waals surface area contributed by atoms with Crippen LogP contribution in [-0.4, -0.2) is 19.0 Å². The number of nitrogens with one attached hydrogen (secondary N) is 1. The van der Waals surface area contributed by atoms with Crippen LogP contribution >= 0.6 is 11.6 Å². The summed E-state index contributed by atoms with van der Waals surface area (Å²) in [6.07, 6.45) is 5.47. The minimum Gasteiger partial charge on any atom is -0.313 e. The highest BCUT2D eigenvalue weighted by Gasteiger charge is 2.31. The van der Waals surface area contributed by atoms with Gasteiger partial charge in [-0.3, -0.25) is 0 Å². The van der Waals surface area contributed by atoms with Gasteiger partial charge in [0.15, 0.2) is 0 Å². The van der Waals surface area contributed by atoms with E-state index in [0.717, 1.165) is 18.4 Å². The molecule has 1 fully saturated rings. The van der Waals surface area contributed by atoms with E-state index in [-0.39, 0.29) is 0 Å². The fraction of sp³-hybridized carbons (Fsp3) is 0.778. The average molecular weight is 174 g/mol. The van der Waals surface area contributed by atoms with Gasteiger partial charge >= 0.3 is 0 Å².